The molecule has 7 nitrogen and oxygen atoms in total. The van der Waals surface area contributed by atoms with Crippen LogP contribution >= 0.6 is 0 Å². The van der Waals surface area contributed by atoms with Gasteiger partial charge in [0.1, 0.15) is 5.69 Å². The second kappa shape index (κ2) is 7.96. The van der Waals surface area contributed by atoms with Crippen molar-refractivity contribution < 1.29 is 22.4 Å². The molecule has 1 atom stereocenters. The monoisotopic (exact) mass is 414 g/mol. The highest BCUT2D eigenvalue weighted by Crippen LogP contribution is 2.28. The van der Waals surface area contributed by atoms with Crippen molar-refractivity contribution in [2.24, 2.45) is 0 Å². The van der Waals surface area contributed by atoms with Gasteiger partial charge in [-0.3, -0.25) is 4.79 Å². The number of carbonyl (C=O) groups excluding carboxylic acids is 1. The topological polar surface area (TPSA) is 89.7 Å². The van der Waals surface area contributed by atoms with Crippen LogP contribution in [0.2, 0.25) is 0 Å². The summed E-state index contributed by atoms with van der Waals surface area (Å²) in [6.07, 6.45) is 1.99. The zero-order valence-electron chi connectivity index (χ0n) is 16.1. The summed E-state index contributed by atoms with van der Waals surface area (Å²) in [6.45, 7) is 0.651. The normalized spacial score (nSPS) is 18.2. The first-order valence-electron chi connectivity index (χ1n) is 9.42. The number of amides is 1. The van der Waals surface area contributed by atoms with Gasteiger partial charge < -0.3 is 14.1 Å². The maximum absolute atomic E-state index is 13.6. The number of furan rings is 1. The van der Waals surface area contributed by atoms with Crippen molar-refractivity contribution in [1.29, 1.82) is 0 Å². The molecule has 1 aliphatic heterocycles. The van der Waals surface area contributed by atoms with Crippen LogP contribution in [0, 0.1) is 0 Å². The number of methoxy groups -OCH3 is 1. The molecular formula is C21H22N2O5S. The van der Waals surface area contributed by atoms with Crippen LogP contribution in [0.25, 0.3) is 22.4 Å². The number of hydrogen-bond donors (Lipinski definition) is 0. The Morgan fingerprint density at radius 2 is 2.10 bits per heavy atom. The van der Waals surface area contributed by atoms with Crippen molar-refractivity contribution in [3.05, 3.63) is 54.3 Å². The Kier molecular flexibility index (Phi) is 5.38. The molecule has 1 saturated heterocycles. The number of ether oxygens (including phenoxy) is 1. The third kappa shape index (κ3) is 4.04. The Morgan fingerprint density at radius 3 is 2.79 bits per heavy atom. The van der Waals surface area contributed by atoms with Crippen molar-refractivity contribution in [2.45, 2.75) is 12.5 Å². The van der Waals surface area contributed by atoms with E-state index in [0.717, 1.165) is 5.39 Å². The van der Waals surface area contributed by atoms with Gasteiger partial charge >= 0.3 is 0 Å². The second-order valence-corrected chi connectivity index (χ2v) is 9.33. The highest BCUT2D eigenvalue weighted by atomic mass is 32.2. The maximum atomic E-state index is 13.6. The van der Waals surface area contributed by atoms with Gasteiger partial charge in [-0.05, 0) is 30.7 Å². The first-order valence-corrected chi connectivity index (χ1v) is 11.2. The zero-order chi connectivity index (χ0) is 20.4. The van der Waals surface area contributed by atoms with E-state index in [1.807, 2.05) is 24.3 Å². The van der Waals surface area contributed by atoms with E-state index in [1.54, 1.807) is 36.5 Å². The number of aromatic nitrogens is 1. The summed E-state index contributed by atoms with van der Waals surface area (Å²) >= 11 is 0. The second-order valence-electron chi connectivity index (χ2n) is 7.10. The van der Waals surface area contributed by atoms with Crippen molar-refractivity contribution in [2.75, 3.05) is 31.8 Å². The number of sulfone groups is 1. The highest BCUT2D eigenvalue weighted by Gasteiger charge is 2.35. The van der Waals surface area contributed by atoms with Gasteiger partial charge in [-0.15, -0.1) is 0 Å². The summed E-state index contributed by atoms with van der Waals surface area (Å²) in [5, 5.41) is 0.719. The standard InChI is InChI=1S/C21H22N2O5S/c1-27-11-9-23(15-8-12-29(25,26)14-15)21(24)17-13-19(20-7-4-10-28-20)22-18-6-3-2-5-16(17)18/h2-7,10,13,15H,8-9,11-12,14H2,1H3. The average molecular weight is 414 g/mol. The SMILES string of the molecule is COCCN(C(=O)c1cc(-c2ccco2)nc2ccccc12)C1CCS(=O)(=O)C1. The summed E-state index contributed by atoms with van der Waals surface area (Å²) in [7, 11) is -1.57. The lowest BCUT2D eigenvalue weighted by atomic mass is 10.0. The van der Waals surface area contributed by atoms with Crippen molar-refractivity contribution in [3.8, 4) is 11.5 Å². The number of hydrogen-bond acceptors (Lipinski definition) is 6. The molecule has 1 unspecified atom stereocenters. The molecule has 8 heteroatoms. The molecule has 0 saturated carbocycles. The molecule has 2 aromatic heterocycles. The lowest BCUT2D eigenvalue weighted by molar-refractivity contribution is 0.0626. The van der Waals surface area contributed by atoms with Gasteiger partial charge in [-0.2, -0.15) is 0 Å². The van der Waals surface area contributed by atoms with Gasteiger partial charge in [0.15, 0.2) is 15.6 Å². The Bertz CT molecular complexity index is 1130. The van der Waals surface area contributed by atoms with Crippen molar-refractivity contribution in [3.63, 3.8) is 0 Å². The molecular weight excluding hydrogens is 392 g/mol. The van der Waals surface area contributed by atoms with Gasteiger partial charge in [0, 0.05) is 25.1 Å². The lowest BCUT2D eigenvalue weighted by Gasteiger charge is -2.28. The minimum absolute atomic E-state index is 0.0173. The summed E-state index contributed by atoms with van der Waals surface area (Å²) in [5.41, 5.74) is 1.71. The van der Waals surface area contributed by atoms with E-state index in [-0.39, 0.29) is 23.5 Å². The van der Waals surface area contributed by atoms with Gasteiger partial charge in [-0.1, -0.05) is 18.2 Å². The number of nitrogens with zero attached hydrogens (tertiary/aromatic N) is 2. The van der Waals surface area contributed by atoms with Crippen LogP contribution in [0.5, 0.6) is 0 Å². The quantitative estimate of drug-likeness (QED) is 0.616. The lowest BCUT2D eigenvalue weighted by Crippen LogP contribution is -2.43. The fourth-order valence-corrected chi connectivity index (χ4v) is 5.45. The number of carbonyl (C=O) groups is 1. The Balaban J connectivity index is 1.79. The Labute approximate surface area is 169 Å². The molecule has 152 valence electrons. The van der Waals surface area contributed by atoms with E-state index in [0.29, 0.717) is 42.1 Å². The summed E-state index contributed by atoms with van der Waals surface area (Å²) in [5.74, 6) is 0.423. The van der Waals surface area contributed by atoms with Crippen LogP contribution in [-0.4, -0.2) is 62.0 Å². The van der Waals surface area contributed by atoms with Crippen LogP contribution in [0.15, 0.2) is 53.1 Å². The maximum Gasteiger partial charge on any atom is 0.254 e. The molecule has 0 aliphatic carbocycles. The van der Waals surface area contributed by atoms with E-state index in [2.05, 4.69) is 4.98 Å². The fraction of sp³-hybridized carbons (Fsp3) is 0.333. The molecule has 0 spiro atoms. The number of para-hydroxylation sites is 1. The number of fused-ring (bicyclic) bond motifs is 1. The molecule has 3 aromatic rings. The van der Waals surface area contributed by atoms with E-state index >= 15 is 0 Å². The largest absolute Gasteiger partial charge is 0.463 e. The molecule has 4 rings (SSSR count). The van der Waals surface area contributed by atoms with E-state index in [9.17, 15) is 13.2 Å². The Hall–Kier alpha value is -2.71. The van der Waals surface area contributed by atoms with Crippen LogP contribution in [-0.2, 0) is 14.6 Å². The molecule has 29 heavy (non-hydrogen) atoms. The molecule has 3 heterocycles. The minimum Gasteiger partial charge on any atom is -0.463 e. The van der Waals surface area contributed by atoms with Gasteiger partial charge in [-0.25, -0.2) is 13.4 Å². The van der Waals surface area contributed by atoms with Gasteiger partial charge in [0.25, 0.3) is 5.91 Å². The molecule has 0 N–H and O–H groups in total. The number of benzene rings is 1. The minimum atomic E-state index is -3.13. The highest BCUT2D eigenvalue weighted by molar-refractivity contribution is 7.91. The fourth-order valence-electron chi connectivity index (χ4n) is 3.72. The molecule has 1 amide bonds. The molecule has 0 radical (unpaired) electrons. The first-order chi connectivity index (χ1) is 14.0. The van der Waals surface area contributed by atoms with E-state index < -0.39 is 9.84 Å². The Morgan fingerprint density at radius 1 is 1.28 bits per heavy atom. The van der Waals surface area contributed by atoms with Gasteiger partial charge in [0.05, 0.1) is 35.5 Å². The smallest absolute Gasteiger partial charge is 0.254 e. The van der Waals surface area contributed by atoms with Gasteiger partial charge in [0.2, 0.25) is 0 Å². The van der Waals surface area contributed by atoms with Crippen LogP contribution < -0.4 is 0 Å². The molecule has 1 aromatic carbocycles. The third-order valence-electron chi connectivity index (χ3n) is 5.17. The summed E-state index contributed by atoms with van der Waals surface area (Å²) < 4.78 is 34.7. The summed E-state index contributed by atoms with van der Waals surface area (Å²) in [6, 6.07) is 12.3. The third-order valence-corrected chi connectivity index (χ3v) is 6.92. The zero-order valence-corrected chi connectivity index (χ0v) is 16.9. The number of rotatable bonds is 6. The van der Waals surface area contributed by atoms with Crippen molar-refractivity contribution in [1.82, 2.24) is 9.88 Å². The van der Waals surface area contributed by atoms with E-state index in [1.165, 1.54) is 0 Å². The first kappa shape index (κ1) is 19.6. The predicted molar refractivity (Wildman–Crippen MR) is 109 cm³/mol. The number of pyridine rings is 1. The van der Waals surface area contributed by atoms with Crippen LogP contribution in [0.4, 0.5) is 0 Å². The van der Waals surface area contributed by atoms with Crippen LogP contribution in [0.1, 0.15) is 16.8 Å². The molecule has 1 fully saturated rings. The molecule has 0 bridgehead atoms. The van der Waals surface area contributed by atoms with E-state index in [4.69, 9.17) is 9.15 Å². The van der Waals surface area contributed by atoms with Crippen LogP contribution in [0.3, 0.4) is 0 Å². The summed E-state index contributed by atoms with van der Waals surface area (Å²) in [4.78, 5) is 19.8. The van der Waals surface area contributed by atoms with Crippen molar-refractivity contribution >= 4 is 26.6 Å². The molecule has 1 aliphatic rings. The predicted octanol–water partition coefficient (Wildman–Crippen LogP) is 2.77. The average Bonchev–Trinajstić information content (AvgIpc) is 3.37.